The molecule has 3 aromatic rings. The van der Waals surface area contributed by atoms with Gasteiger partial charge in [0.15, 0.2) is 0 Å². The zero-order valence-corrected chi connectivity index (χ0v) is 12.5. The van der Waals surface area contributed by atoms with E-state index >= 15 is 0 Å². The molecule has 0 spiro atoms. The van der Waals surface area contributed by atoms with E-state index in [0.29, 0.717) is 16.8 Å². The van der Waals surface area contributed by atoms with Crippen molar-refractivity contribution >= 4 is 32.9 Å². The van der Waals surface area contributed by atoms with Gasteiger partial charge in [0.25, 0.3) is 0 Å². The summed E-state index contributed by atoms with van der Waals surface area (Å²) in [6, 6.07) is 10.4. The van der Waals surface area contributed by atoms with E-state index in [1.54, 1.807) is 30.0 Å². The summed E-state index contributed by atoms with van der Waals surface area (Å²) in [6.45, 7) is 0. The Kier molecular flexibility index (Phi) is 3.34. The Hall–Kier alpha value is -2.41. The molecule has 7 heteroatoms. The minimum atomic E-state index is -1.03. The first kappa shape index (κ1) is 13.6. The van der Waals surface area contributed by atoms with Crippen LogP contribution in [0.5, 0.6) is 5.75 Å². The lowest BCUT2D eigenvalue weighted by atomic mass is 10.2. The molecule has 6 nitrogen and oxygen atoms in total. The van der Waals surface area contributed by atoms with E-state index in [4.69, 9.17) is 4.74 Å². The maximum atomic E-state index is 11.2. The van der Waals surface area contributed by atoms with Crippen LogP contribution < -0.4 is 4.74 Å². The Morgan fingerprint density at radius 3 is 2.86 bits per heavy atom. The van der Waals surface area contributed by atoms with E-state index in [0.717, 1.165) is 10.2 Å². The first-order valence-electron chi connectivity index (χ1n) is 6.03. The lowest BCUT2D eigenvalue weighted by Crippen LogP contribution is -1.99. The topological polar surface area (TPSA) is 77.2 Å². The van der Waals surface area contributed by atoms with Crippen LogP contribution in [0, 0.1) is 0 Å². The molecule has 0 aliphatic rings. The fourth-order valence-corrected chi connectivity index (χ4v) is 2.49. The highest BCUT2D eigenvalue weighted by atomic mass is 79.9. The summed E-state index contributed by atoms with van der Waals surface area (Å²) in [5, 5.41) is 17.2. The van der Waals surface area contributed by atoms with Crippen molar-refractivity contribution in [2.75, 3.05) is 7.11 Å². The fourth-order valence-electron chi connectivity index (χ4n) is 2.08. The van der Waals surface area contributed by atoms with Crippen molar-refractivity contribution in [2.45, 2.75) is 0 Å². The fraction of sp³-hybridized carbons (Fsp3) is 0.0714. The van der Waals surface area contributed by atoms with E-state index in [9.17, 15) is 9.90 Å². The number of hydrogen-bond donors (Lipinski definition) is 1. The van der Waals surface area contributed by atoms with Gasteiger partial charge in [-0.05, 0) is 40.2 Å². The summed E-state index contributed by atoms with van der Waals surface area (Å²) in [5.41, 5.74) is 1.81. The van der Waals surface area contributed by atoms with Crippen LogP contribution in [0.2, 0.25) is 0 Å². The predicted octanol–water partition coefficient (Wildman–Crippen LogP) is 2.89. The zero-order valence-electron chi connectivity index (χ0n) is 10.9. The van der Waals surface area contributed by atoms with Crippen molar-refractivity contribution < 1.29 is 14.6 Å². The standard InChI is InChI=1S/C14H10BrN3O3/c1-21-8-5-6-10(15)12(7-8)18-11-4-2-3-9(14(19)20)13(11)16-17-18/h2-7H,1H3,(H,19,20). The molecule has 0 saturated carbocycles. The lowest BCUT2D eigenvalue weighted by molar-refractivity contribution is 0.0699. The van der Waals surface area contributed by atoms with Crippen LogP contribution in [-0.4, -0.2) is 33.2 Å². The summed E-state index contributed by atoms with van der Waals surface area (Å²) in [7, 11) is 1.58. The highest BCUT2D eigenvalue weighted by molar-refractivity contribution is 9.10. The Labute approximate surface area is 128 Å². The number of nitrogens with zero attached hydrogens (tertiary/aromatic N) is 3. The van der Waals surface area contributed by atoms with E-state index in [1.165, 1.54) is 6.07 Å². The molecule has 0 fully saturated rings. The molecule has 0 bridgehead atoms. The molecule has 0 radical (unpaired) electrons. The molecule has 0 unspecified atom stereocenters. The Morgan fingerprint density at radius 2 is 2.14 bits per heavy atom. The molecule has 0 saturated heterocycles. The third-order valence-electron chi connectivity index (χ3n) is 3.09. The van der Waals surface area contributed by atoms with Gasteiger partial charge in [0, 0.05) is 10.5 Å². The van der Waals surface area contributed by atoms with E-state index < -0.39 is 5.97 Å². The number of carboxylic acids is 1. The monoisotopic (exact) mass is 347 g/mol. The minimum absolute atomic E-state index is 0.123. The van der Waals surface area contributed by atoms with E-state index in [1.807, 2.05) is 12.1 Å². The van der Waals surface area contributed by atoms with Gasteiger partial charge >= 0.3 is 5.97 Å². The van der Waals surface area contributed by atoms with Crippen LogP contribution in [0.1, 0.15) is 10.4 Å². The van der Waals surface area contributed by atoms with Gasteiger partial charge in [0.1, 0.15) is 11.3 Å². The predicted molar refractivity (Wildman–Crippen MR) is 80.1 cm³/mol. The summed E-state index contributed by atoms with van der Waals surface area (Å²) in [5.74, 6) is -0.358. The molecule has 0 aliphatic heterocycles. The molecular formula is C14H10BrN3O3. The van der Waals surface area contributed by atoms with Gasteiger partial charge in [0.2, 0.25) is 0 Å². The number of rotatable bonds is 3. The maximum Gasteiger partial charge on any atom is 0.338 e. The molecular weight excluding hydrogens is 338 g/mol. The van der Waals surface area contributed by atoms with Crippen molar-refractivity contribution in [3.05, 3.63) is 46.4 Å². The van der Waals surface area contributed by atoms with Crippen molar-refractivity contribution in [2.24, 2.45) is 0 Å². The molecule has 2 aromatic carbocycles. The number of methoxy groups -OCH3 is 1. The number of ether oxygens (including phenoxy) is 1. The first-order chi connectivity index (χ1) is 10.1. The van der Waals surface area contributed by atoms with Crippen LogP contribution in [-0.2, 0) is 0 Å². The van der Waals surface area contributed by atoms with Crippen molar-refractivity contribution in [1.29, 1.82) is 0 Å². The smallest absolute Gasteiger partial charge is 0.338 e. The molecule has 106 valence electrons. The van der Waals surface area contributed by atoms with Crippen molar-refractivity contribution in [1.82, 2.24) is 15.0 Å². The third kappa shape index (κ3) is 2.25. The number of fused-ring (bicyclic) bond motifs is 1. The molecule has 1 N–H and O–H groups in total. The van der Waals surface area contributed by atoms with Gasteiger partial charge in [-0.3, -0.25) is 0 Å². The second-order valence-corrected chi connectivity index (χ2v) is 5.15. The maximum absolute atomic E-state index is 11.2. The number of aromatic nitrogens is 3. The number of aromatic carboxylic acids is 1. The summed E-state index contributed by atoms with van der Waals surface area (Å²) in [6.07, 6.45) is 0. The third-order valence-corrected chi connectivity index (χ3v) is 3.76. The average molecular weight is 348 g/mol. The molecule has 0 atom stereocenters. The lowest BCUT2D eigenvalue weighted by Gasteiger charge is -2.07. The Morgan fingerprint density at radius 1 is 1.33 bits per heavy atom. The Balaban J connectivity index is 2.27. The van der Waals surface area contributed by atoms with Crippen molar-refractivity contribution in [3.63, 3.8) is 0 Å². The highest BCUT2D eigenvalue weighted by Crippen LogP contribution is 2.28. The van der Waals surface area contributed by atoms with Crippen LogP contribution in [0.3, 0.4) is 0 Å². The number of carbonyl (C=O) groups is 1. The highest BCUT2D eigenvalue weighted by Gasteiger charge is 2.16. The number of hydrogen-bond acceptors (Lipinski definition) is 4. The SMILES string of the molecule is COc1ccc(Br)c(-n2nnc3c(C(=O)O)cccc32)c1. The molecule has 1 heterocycles. The quantitative estimate of drug-likeness (QED) is 0.788. The van der Waals surface area contributed by atoms with Gasteiger partial charge < -0.3 is 9.84 Å². The number of halogens is 1. The summed E-state index contributed by atoms with van der Waals surface area (Å²) in [4.78, 5) is 11.2. The van der Waals surface area contributed by atoms with Gasteiger partial charge in [-0.1, -0.05) is 11.3 Å². The molecule has 0 amide bonds. The molecule has 21 heavy (non-hydrogen) atoms. The van der Waals surface area contributed by atoms with Gasteiger partial charge in [-0.25, -0.2) is 9.48 Å². The molecule has 3 rings (SSSR count). The number of carboxylic acid groups (broad SMARTS) is 1. The summed E-state index contributed by atoms with van der Waals surface area (Å²) >= 11 is 3.45. The first-order valence-corrected chi connectivity index (χ1v) is 6.82. The summed E-state index contributed by atoms with van der Waals surface area (Å²) < 4.78 is 7.58. The second kappa shape index (κ2) is 5.17. The van der Waals surface area contributed by atoms with Gasteiger partial charge in [0.05, 0.1) is 23.9 Å². The second-order valence-electron chi connectivity index (χ2n) is 4.30. The minimum Gasteiger partial charge on any atom is -0.497 e. The normalized spacial score (nSPS) is 10.8. The van der Waals surface area contributed by atoms with Crippen LogP contribution in [0.15, 0.2) is 40.9 Å². The number of benzene rings is 2. The van der Waals surface area contributed by atoms with Gasteiger partial charge in [-0.2, -0.15) is 0 Å². The molecule has 1 aromatic heterocycles. The van der Waals surface area contributed by atoms with E-state index in [2.05, 4.69) is 26.2 Å². The molecule has 0 aliphatic carbocycles. The van der Waals surface area contributed by atoms with Crippen LogP contribution >= 0.6 is 15.9 Å². The van der Waals surface area contributed by atoms with Crippen molar-refractivity contribution in [3.8, 4) is 11.4 Å². The average Bonchev–Trinajstić information content (AvgIpc) is 2.91. The van der Waals surface area contributed by atoms with Crippen LogP contribution in [0.4, 0.5) is 0 Å². The zero-order chi connectivity index (χ0) is 15.0. The van der Waals surface area contributed by atoms with Gasteiger partial charge in [-0.15, -0.1) is 5.10 Å². The van der Waals surface area contributed by atoms with E-state index in [-0.39, 0.29) is 5.56 Å². The van der Waals surface area contributed by atoms with Crippen LogP contribution in [0.25, 0.3) is 16.7 Å². The Bertz CT molecular complexity index is 845. The largest absolute Gasteiger partial charge is 0.497 e.